The summed E-state index contributed by atoms with van der Waals surface area (Å²) in [5.41, 5.74) is 8.29. The molecule has 0 bridgehead atoms. The molecule has 1 aromatic heterocycles. The van der Waals surface area contributed by atoms with Gasteiger partial charge in [-0.1, -0.05) is 17.7 Å². The van der Waals surface area contributed by atoms with Crippen LogP contribution in [0.1, 0.15) is 11.5 Å². The number of nitrogen functional groups attached to an aromatic ring is 1. The van der Waals surface area contributed by atoms with Crippen molar-refractivity contribution in [2.45, 2.75) is 13.8 Å². The molecule has 0 fully saturated rings. The smallest absolute Gasteiger partial charge is 0.108 e. The number of nitrogens with two attached hydrogens (primary N) is 1. The van der Waals surface area contributed by atoms with Crippen LogP contribution in [0.2, 0.25) is 5.02 Å². The Bertz CT molecular complexity index is 502. The quantitative estimate of drug-likeness (QED) is 0.744. The Balaban J connectivity index is 2.59. The summed E-state index contributed by atoms with van der Waals surface area (Å²) in [6, 6.07) is 7.48. The third-order valence-electron chi connectivity index (χ3n) is 2.32. The summed E-state index contributed by atoms with van der Waals surface area (Å²) in [7, 11) is 0. The lowest BCUT2D eigenvalue weighted by Gasteiger charge is -2.03. The van der Waals surface area contributed by atoms with E-state index in [0.717, 1.165) is 22.6 Å². The Hall–Kier alpha value is -1.41. The van der Waals surface area contributed by atoms with E-state index < -0.39 is 0 Å². The molecule has 1 aromatic carbocycles. The minimum Gasteiger partial charge on any atom is -0.466 e. The van der Waals surface area contributed by atoms with Crippen LogP contribution in [0.15, 0.2) is 28.7 Å². The standard InChI is InChI=1S/C12H12ClNO/c1-7-5-11(8(2)15-7)10-4-3-9(14)6-12(10)13/h3-6H,14H2,1-2H3. The monoisotopic (exact) mass is 221 g/mol. The molecule has 1 heterocycles. The molecular formula is C12H12ClNO. The van der Waals surface area contributed by atoms with Gasteiger partial charge in [-0.05, 0) is 32.0 Å². The highest BCUT2D eigenvalue weighted by Crippen LogP contribution is 2.33. The van der Waals surface area contributed by atoms with E-state index in [4.69, 9.17) is 21.8 Å². The van der Waals surface area contributed by atoms with Crippen molar-refractivity contribution in [3.05, 3.63) is 40.8 Å². The first-order chi connectivity index (χ1) is 7.08. The maximum absolute atomic E-state index is 6.12. The molecule has 0 spiro atoms. The second kappa shape index (κ2) is 3.63. The highest BCUT2D eigenvalue weighted by atomic mass is 35.5. The lowest BCUT2D eigenvalue weighted by molar-refractivity contribution is 0.505. The number of hydrogen-bond donors (Lipinski definition) is 1. The fraction of sp³-hybridized carbons (Fsp3) is 0.167. The van der Waals surface area contributed by atoms with Gasteiger partial charge in [0.2, 0.25) is 0 Å². The van der Waals surface area contributed by atoms with Crippen LogP contribution >= 0.6 is 11.6 Å². The average Bonchev–Trinajstić information content (AvgIpc) is 2.45. The van der Waals surface area contributed by atoms with E-state index in [9.17, 15) is 0 Å². The van der Waals surface area contributed by atoms with Gasteiger partial charge in [-0.25, -0.2) is 0 Å². The van der Waals surface area contributed by atoms with Crippen molar-refractivity contribution >= 4 is 17.3 Å². The molecule has 0 amide bonds. The first kappa shape index (κ1) is 10.1. The van der Waals surface area contributed by atoms with Crippen LogP contribution in [0.5, 0.6) is 0 Å². The minimum atomic E-state index is 0.652. The minimum absolute atomic E-state index is 0.652. The van der Waals surface area contributed by atoms with Gasteiger partial charge in [-0.3, -0.25) is 0 Å². The Morgan fingerprint density at radius 1 is 1.13 bits per heavy atom. The SMILES string of the molecule is Cc1cc(-c2ccc(N)cc2Cl)c(C)o1. The van der Waals surface area contributed by atoms with Gasteiger partial charge in [-0.2, -0.15) is 0 Å². The summed E-state index contributed by atoms with van der Waals surface area (Å²) < 4.78 is 5.46. The molecule has 78 valence electrons. The number of anilines is 1. The molecule has 2 aromatic rings. The molecule has 0 aliphatic carbocycles. The predicted molar refractivity (Wildman–Crippen MR) is 63.0 cm³/mol. The van der Waals surface area contributed by atoms with Crippen LogP contribution in [0.4, 0.5) is 5.69 Å². The number of benzene rings is 1. The number of hydrogen-bond acceptors (Lipinski definition) is 2. The summed E-state index contributed by atoms with van der Waals surface area (Å²) in [4.78, 5) is 0. The molecule has 15 heavy (non-hydrogen) atoms. The normalized spacial score (nSPS) is 10.6. The van der Waals surface area contributed by atoms with Crippen molar-refractivity contribution in [3.63, 3.8) is 0 Å². The zero-order valence-corrected chi connectivity index (χ0v) is 9.43. The van der Waals surface area contributed by atoms with E-state index in [0.29, 0.717) is 10.7 Å². The highest BCUT2D eigenvalue weighted by Gasteiger charge is 2.10. The third kappa shape index (κ3) is 1.85. The van der Waals surface area contributed by atoms with Crippen LogP contribution in [0.25, 0.3) is 11.1 Å². The van der Waals surface area contributed by atoms with Crippen LogP contribution < -0.4 is 5.73 Å². The Morgan fingerprint density at radius 2 is 1.87 bits per heavy atom. The average molecular weight is 222 g/mol. The summed E-state index contributed by atoms with van der Waals surface area (Å²) in [6.45, 7) is 3.84. The lowest BCUT2D eigenvalue weighted by atomic mass is 10.1. The number of furan rings is 1. The molecule has 2 nitrogen and oxygen atoms in total. The van der Waals surface area contributed by atoms with Gasteiger partial charge < -0.3 is 10.2 Å². The molecule has 3 heteroatoms. The van der Waals surface area contributed by atoms with Gasteiger partial charge in [0, 0.05) is 16.8 Å². The maximum Gasteiger partial charge on any atom is 0.108 e. The summed E-state index contributed by atoms with van der Waals surface area (Å²) >= 11 is 6.12. The van der Waals surface area contributed by atoms with Crippen molar-refractivity contribution in [1.29, 1.82) is 0 Å². The molecule has 0 saturated carbocycles. The zero-order valence-electron chi connectivity index (χ0n) is 8.67. The zero-order chi connectivity index (χ0) is 11.0. The fourth-order valence-electron chi connectivity index (χ4n) is 1.65. The molecule has 2 N–H and O–H groups in total. The van der Waals surface area contributed by atoms with E-state index in [1.165, 1.54) is 0 Å². The Labute approximate surface area is 93.7 Å². The molecule has 0 unspecified atom stereocenters. The van der Waals surface area contributed by atoms with Crippen LogP contribution in [0.3, 0.4) is 0 Å². The molecule has 0 atom stereocenters. The summed E-state index contributed by atoms with van der Waals surface area (Å²) in [5.74, 6) is 1.76. The van der Waals surface area contributed by atoms with Gasteiger partial charge in [0.05, 0.1) is 5.02 Å². The summed E-state index contributed by atoms with van der Waals surface area (Å²) in [5, 5.41) is 0.652. The van der Waals surface area contributed by atoms with E-state index in [-0.39, 0.29) is 0 Å². The van der Waals surface area contributed by atoms with E-state index in [2.05, 4.69) is 0 Å². The van der Waals surface area contributed by atoms with Crippen LogP contribution in [0, 0.1) is 13.8 Å². The first-order valence-electron chi connectivity index (χ1n) is 4.70. The molecule has 0 aliphatic rings. The van der Waals surface area contributed by atoms with Crippen LogP contribution in [-0.2, 0) is 0 Å². The van der Waals surface area contributed by atoms with E-state index in [1.54, 1.807) is 6.07 Å². The van der Waals surface area contributed by atoms with Crippen LogP contribution in [-0.4, -0.2) is 0 Å². The van der Waals surface area contributed by atoms with Crippen molar-refractivity contribution in [1.82, 2.24) is 0 Å². The molecule has 0 radical (unpaired) electrons. The van der Waals surface area contributed by atoms with Crippen molar-refractivity contribution in [2.24, 2.45) is 0 Å². The second-order valence-corrected chi connectivity index (χ2v) is 3.97. The fourth-order valence-corrected chi connectivity index (χ4v) is 1.94. The second-order valence-electron chi connectivity index (χ2n) is 3.57. The summed E-state index contributed by atoms with van der Waals surface area (Å²) in [6.07, 6.45) is 0. The molecular weight excluding hydrogens is 210 g/mol. The third-order valence-corrected chi connectivity index (χ3v) is 2.64. The van der Waals surface area contributed by atoms with Gasteiger partial charge in [0.1, 0.15) is 11.5 Å². The van der Waals surface area contributed by atoms with Crippen molar-refractivity contribution in [3.8, 4) is 11.1 Å². The highest BCUT2D eigenvalue weighted by molar-refractivity contribution is 6.33. The largest absolute Gasteiger partial charge is 0.466 e. The topological polar surface area (TPSA) is 39.2 Å². The van der Waals surface area contributed by atoms with Gasteiger partial charge in [0.25, 0.3) is 0 Å². The predicted octanol–water partition coefficient (Wildman–Crippen LogP) is 3.80. The molecule has 0 saturated heterocycles. The Kier molecular flexibility index (Phi) is 2.45. The van der Waals surface area contributed by atoms with E-state index >= 15 is 0 Å². The van der Waals surface area contributed by atoms with Gasteiger partial charge in [-0.15, -0.1) is 0 Å². The maximum atomic E-state index is 6.12. The number of aryl methyl sites for hydroxylation is 2. The number of halogens is 1. The lowest BCUT2D eigenvalue weighted by Crippen LogP contribution is -1.86. The van der Waals surface area contributed by atoms with Crippen molar-refractivity contribution < 1.29 is 4.42 Å². The number of rotatable bonds is 1. The molecule has 0 aliphatic heterocycles. The van der Waals surface area contributed by atoms with Crippen molar-refractivity contribution in [2.75, 3.05) is 5.73 Å². The van der Waals surface area contributed by atoms with Gasteiger partial charge >= 0.3 is 0 Å². The van der Waals surface area contributed by atoms with E-state index in [1.807, 2.05) is 32.0 Å². The first-order valence-corrected chi connectivity index (χ1v) is 5.08. The Morgan fingerprint density at radius 3 is 2.40 bits per heavy atom. The van der Waals surface area contributed by atoms with Gasteiger partial charge in [0.15, 0.2) is 0 Å². The molecule has 2 rings (SSSR count).